The van der Waals surface area contributed by atoms with Crippen molar-refractivity contribution in [2.75, 3.05) is 61.0 Å². The van der Waals surface area contributed by atoms with E-state index in [9.17, 15) is 28.8 Å². The first-order chi connectivity index (χ1) is 21.3. The van der Waals surface area contributed by atoms with Crippen molar-refractivity contribution in [3.8, 4) is 0 Å². The fourth-order valence-electron chi connectivity index (χ4n) is 5.67. The van der Waals surface area contributed by atoms with E-state index >= 15 is 0 Å². The van der Waals surface area contributed by atoms with Gasteiger partial charge in [0.25, 0.3) is 11.8 Å². The summed E-state index contributed by atoms with van der Waals surface area (Å²) < 4.78 is 5.01. The highest BCUT2D eigenvalue weighted by molar-refractivity contribution is 6.23. The number of ether oxygens (including phenoxy) is 1. The number of amides is 6. The van der Waals surface area contributed by atoms with Crippen LogP contribution in [0.25, 0.3) is 0 Å². The summed E-state index contributed by atoms with van der Waals surface area (Å²) >= 11 is 0. The van der Waals surface area contributed by atoms with Crippen LogP contribution in [0.2, 0.25) is 0 Å². The molecule has 2 saturated heterocycles. The van der Waals surface area contributed by atoms with Gasteiger partial charge in [0.2, 0.25) is 11.8 Å². The summed E-state index contributed by atoms with van der Waals surface area (Å²) in [5.74, 6) is -2.74. The third kappa shape index (κ3) is 6.66. The van der Waals surface area contributed by atoms with Gasteiger partial charge in [0, 0.05) is 31.9 Å². The van der Waals surface area contributed by atoms with Gasteiger partial charge in [0.1, 0.15) is 13.1 Å². The summed E-state index contributed by atoms with van der Waals surface area (Å²) in [7, 11) is 0. The maximum Gasteiger partial charge on any atom is 0.338 e. The summed E-state index contributed by atoms with van der Waals surface area (Å²) in [4.78, 5) is 85.7. The summed E-state index contributed by atoms with van der Waals surface area (Å²) in [5.41, 5.74) is 1.02. The fourth-order valence-corrected chi connectivity index (χ4v) is 5.67. The normalized spacial score (nSPS) is 16.9. The van der Waals surface area contributed by atoms with E-state index in [0.717, 1.165) is 25.7 Å². The molecule has 2 aromatic rings. The van der Waals surface area contributed by atoms with E-state index in [0.29, 0.717) is 37.6 Å². The number of carbonyl (C=O) groups excluding carboxylic acids is 6. The van der Waals surface area contributed by atoms with Crippen molar-refractivity contribution in [3.05, 3.63) is 54.1 Å². The first-order valence-electron chi connectivity index (χ1n) is 14.9. The topological polar surface area (TPSA) is 149 Å². The molecule has 0 radical (unpaired) electrons. The molecule has 0 atom stereocenters. The van der Waals surface area contributed by atoms with E-state index in [1.165, 1.54) is 28.0 Å². The molecular formula is C31H36N6O7. The van der Waals surface area contributed by atoms with Gasteiger partial charge < -0.3 is 25.2 Å². The molecule has 2 N–H and O–H groups in total. The van der Waals surface area contributed by atoms with E-state index in [1.807, 2.05) is 0 Å². The number of benzene rings is 2. The van der Waals surface area contributed by atoms with Crippen LogP contribution in [-0.4, -0.2) is 97.3 Å². The molecule has 3 aliphatic rings. The van der Waals surface area contributed by atoms with Crippen molar-refractivity contribution in [3.63, 3.8) is 0 Å². The molecule has 0 aromatic heterocycles. The molecule has 44 heavy (non-hydrogen) atoms. The first kappa shape index (κ1) is 30.5. The van der Waals surface area contributed by atoms with Crippen LogP contribution in [0.1, 0.15) is 43.0 Å². The minimum atomic E-state index is -1.74. The summed E-state index contributed by atoms with van der Waals surface area (Å²) in [5, 5.41) is 5.02. The Bertz CT molecular complexity index is 1380. The number of anilines is 3. The van der Waals surface area contributed by atoms with E-state index in [1.54, 1.807) is 47.1 Å². The molecule has 13 heteroatoms. The summed E-state index contributed by atoms with van der Waals surface area (Å²) in [6.45, 7) is 3.49. The molecule has 0 bridgehead atoms. The molecule has 3 aliphatic heterocycles. The molecule has 2 aromatic carbocycles. The molecule has 3 heterocycles. The Kier molecular flexibility index (Phi) is 9.41. The Labute approximate surface area is 255 Å². The highest BCUT2D eigenvalue weighted by Crippen LogP contribution is 2.34. The maximum atomic E-state index is 14.1. The van der Waals surface area contributed by atoms with Crippen molar-refractivity contribution in [1.82, 2.24) is 15.1 Å². The van der Waals surface area contributed by atoms with Gasteiger partial charge >= 0.3 is 12.0 Å². The lowest BCUT2D eigenvalue weighted by molar-refractivity contribution is -0.134. The molecule has 13 nitrogen and oxygen atoms in total. The Hall–Kier alpha value is -4.94. The number of likely N-dealkylation sites (tertiary alicyclic amines) is 2. The zero-order valence-electron chi connectivity index (χ0n) is 24.6. The average Bonchev–Trinajstić information content (AvgIpc) is 3.75. The third-order valence-electron chi connectivity index (χ3n) is 7.90. The number of nitrogens with one attached hydrogen (secondary N) is 2. The standard InChI is InChI=1S/C31H36N6O7/c1-2-44-30(42)21-10-9-11-22(18-21)32-31(43)33-27-28(40)36(19-25(38)34-14-5-6-15-34)23-12-3-4-13-24(23)37(29(27)41)20-26(39)35-16-7-8-17-35/h3-4,9-13,18,27H,2,5-8,14-17,19-20H2,1H3,(H2,32,33,43). The quantitative estimate of drug-likeness (QED) is 0.346. The van der Waals surface area contributed by atoms with Gasteiger partial charge in [0.05, 0.1) is 23.5 Å². The van der Waals surface area contributed by atoms with Gasteiger partial charge in [-0.05, 0) is 62.9 Å². The first-order valence-corrected chi connectivity index (χ1v) is 14.9. The molecule has 0 aliphatic carbocycles. The Balaban J connectivity index is 1.44. The van der Waals surface area contributed by atoms with Crippen LogP contribution < -0.4 is 20.4 Å². The van der Waals surface area contributed by atoms with Crippen LogP contribution in [0.5, 0.6) is 0 Å². The Morgan fingerprint density at radius 3 is 1.80 bits per heavy atom. The van der Waals surface area contributed by atoms with Crippen LogP contribution in [0.4, 0.5) is 21.9 Å². The number of fused-ring (bicyclic) bond motifs is 1. The molecule has 5 rings (SSSR count). The molecule has 232 valence electrons. The van der Waals surface area contributed by atoms with Gasteiger partial charge in [-0.2, -0.15) is 0 Å². The number of esters is 1. The van der Waals surface area contributed by atoms with Crippen molar-refractivity contribution in [1.29, 1.82) is 0 Å². The lowest BCUT2D eigenvalue weighted by atomic mass is 10.2. The zero-order chi connectivity index (χ0) is 31.2. The van der Waals surface area contributed by atoms with Gasteiger partial charge in [-0.1, -0.05) is 18.2 Å². The number of carbonyl (C=O) groups is 6. The number of hydrogen-bond acceptors (Lipinski definition) is 7. The van der Waals surface area contributed by atoms with Crippen LogP contribution in [-0.2, 0) is 23.9 Å². The molecule has 0 unspecified atom stereocenters. The van der Waals surface area contributed by atoms with Crippen LogP contribution in [0.15, 0.2) is 48.5 Å². The smallest absolute Gasteiger partial charge is 0.338 e. The van der Waals surface area contributed by atoms with Gasteiger partial charge in [-0.25, -0.2) is 9.59 Å². The van der Waals surface area contributed by atoms with Crippen molar-refractivity contribution >= 4 is 52.7 Å². The van der Waals surface area contributed by atoms with Crippen molar-refractivity contribution < 1.29 is 33.5 Å². The Morgan fingerprint density at radius 2 is 1.30 bits per heavy atom. The molecular weight excluding hydrogens is 568 g/mol. The summed E-state index contributed by atoms with van der Waals surface area (Å²) in [6.07, 6.45) is 3.46. The van der Waals surface area contributed by atoms with E-state index in [4.69, 9.17) is 4.74 Å². The van der Waals surface area contributed by atoms with E-state index < -0.39 is 29.9 Å². The number of urea groups is 1. The predicted octanol–water partition coefficient (Wildman–Crippen LogP) is 1.98. The van der Waals surface area contributed by atoms with E-state index in [2.05, 4.69) is 10.6 Å². The lowest BCUT2D eigenvalue weighted by Crippen LogP contribution is -2.58. The Morgan fingerprint density at radius 1 is 0.773 bits per heavy atom. The van der Waals surface area contributed by atoms with Gasteiger partial charge in [-0.3, -0.25) is 29.0 Å². The third-order valence-corrected chi connectivity index (χ3v) is 7.90. The number of para-hydroxylation sites is 2. The maximum absolute atomic E-state index is 14.1. The second-order valence-electron chi connectivity index (χ2n) is 10.8. The SMILES string of the molecule is CCOC(=O)c1cccc(NC(=O)NC2C(=O)N(CC(=O)N3CCCC3)c3ccccc3N(CC(=O)N3CCCC3)C2=O)c1. The monoisotopic (exact) mass is 604 g/mol. The molecule has 0 saturated carbocycles. The zero-order valence-corrected chi connectivity index (χ0v) is 24.6. The minimum Gasteiger partial charge on any atom is -0.462 e. The largest absolute Gasteiger partial charge is 0.462 e. The van der Waals surface area contributed by atoms with Crippen LogP contribution in [0.3, 0.4) is 0 Å². The number of hydrogen-bond donors (Lipinski definition) is 2. The highest BCUT2D eigenvalue weighted by Gasteiger charge is 2.43. The number of nitrogens with zero attached hydrogens (tertiary/aromatic N) is 4. The highest BCUT2D eigenvalue weighted by atomic mass is 16.5. The lowest BCUT2D eigenvalue weighted by Gasteiger charge is -2.27. The van der Waals surface area contributed by atoms with Gasteiger partial charge in [-0.15, -0.1) is 0 Å². The van der Waals surface area contributed by atoms with E-state index in [-0.39, 0.29) is 42.8 Å². The number of rotatable bonds is 8. The van der Waals surface area contributed by atoms with Gasteiger partial charge in [0.15, 0.2) is 6.04 Å². The predicted molar refractivity (Wildman–Crippen MR) is 161 cm³/mol. The molecule has 0 spiro atoms. The van der Waals surface area contributed by atoms with Crippen LogP contribution >= 0.6 is 0 Å². The average molecular weight is 605 g/mol. The molecule has 2 fully saturated rings. The fraction of sp³-hybridized carbons (Fsp3) is 0.419. The summed E-state index contributed by atoms with van der Waals surface area (Å²) in [6, 6.07) is 10.0. The second-order valence-corrected chi connectivity index (χ2v) is 10.8. The second kappa shape index (κ2) is 13.6. The van der Waals surface area contributed by atoms with Crippen molar-refractivity contribution in [2.24, 2.45) is 0 Å². The van der Waals surface area contributed by atoms with Crippen molar-refractivity contribution in [2.45, 2.75) is 38.6 Å². The minimum absolute atomic E-state index is 0.179. The molecule has 6 amide bonds. The van der Waals surface area contributed by atoms with Crippen LogP contribution in [0, 0.1) is 0 Å².